The zero-order valence-electron chi connectivity index (χ0n) is 10.5. The van der Waals surface area contributed by atoms with Crippen molar-refractivity contribution in [3.63, 3.8) is 0 Å². The number of hydrogen-bond donors (Lipinski definition) is 2. The largest absolute Gasteiger partial charge is 0.323 e. The zero-order valence-corrected chi connectivity index (χ0v) is 11.3. The van der Waals surface area contributed by atoms with E-state index < -0.39 is 33.4 Å². The van der Waals surface area contributed by atoms with E-state index in [1.54, 1.807) is 0 Å². The van der Waals surface area contributed by atoms with Crippen molar-refractivity contribution in [1.29, 1.82) is 0 Å². The Morgan fingerprint density at radius 1 is 1.40 bits per heavy atom. The quantitative estimate of drug-likeness (QED) is 0.861. The van der Waals surface area contributed by atoms with Gasteiger partial charge in [0.2, 0.25) is 5.91 Å². The van der Waals surface area contributed by atoms with E-state index in [-0.39, 0.29) is 30.2 Å². The molecule has 1 fully saturated rings. The van der Waals surface area contributed by atoms with Crippen LogP contribution >= 0.6 is 0 Å². The van der Waals surface area contributed by atoms with Gasteiger partial charge in [-0.3, -0.25) is 4.79 Å². The zero-order chi connectivity index (χ0) is 14.8. The molecule has 110 valence electrons. The third-order valence-electron chi connectivity index (χ3n) is 2.94. The maximum atomic E-state index is 13.3. The molecule has 1 amide bonds. The number of anilines is 1. The SMILES string of the molecule is O=C(CC1CS(=O)(=O)CCN1)Nc1cc(F)ccc1F. The normalized spacial score (nSPS) is 21.4. The average Bonchev–Trinajstić information content (AvgIpc) is 2.32. The lowest BCUT2D eigenvalue weighted by molar-refractivity contribution is -0.116. The minimum atomic E-state index is -3.14. The molecule has 0 radical (unpaired) electrons. The molecular formula is C12H14F2N2O3S. The number of halogens is 2. The Morgan fingerprint density at radius 2 is 2.15 bits per heavy atom. The lowest BCUT2D eigenvalue weighted by Gasteiger charge is -2.23. The summed E-state index contributed by atoms with van der Waals surface area (Å²) in [5.74, 6) is -2.07. The molecule has 0 saturated carbocycles. The highest BCUT2D eigenvalue weighted by molar-refractivity contribution is 7.91. The number of rotatable bonds is 3. The highest BCUT2D eigenvalue weighted by Gasteiger charge is 2.26. The number of carbonyl (C=O) groups excluding carboxylic acids is 1. The Hall–Kier alpha value is -1.54. The van der Waals surface area contributed by atoms with Crippen LogP contribution in [0.3, 0.4) is 0 Å². The van der Waals surface area contributed by atoms with Gasteiger partial charge >= 0.3 is 0 Å². The third-order valence-corrected chi connectivity index (χ3v) is 4.67. The van der Waals surface area contributed by atoms with Crippen LogP contribution in [-0.2, 0) is 14.6 Å². The fourth-order valence-electron chi connectivity index (χ4n) is 2.02. The van der Waals surface area contributed by atoms with E-state index in [0.717, 1.165) is 18.2 Å². The first-order valence-electron chi connectivity index (χ1n) is 6.04. The fourth-order valence-corrected chi connectivity index (χ4v) is 3.46. The summed E-state index contributed by atoms with van der Waals surface area (Å²) in [4.78, 5) is 11.7. The van der Waals surface area contributed by atoms with Crippen LogP contribution < -0.4 is 10.6 Å². The molecule has 5 nitrogen and oxygen atoms in total. The molecule has 2 N–H and O–H groups in total. The molecule has 2 rings (SSSR count). The third kappa shape index (κ3) is 3.97. The van der Waals surface area contributed by atoms with E-state index in [0.29, 0.717) is 0 Å². The number of carbonyl (C=O) groups is 1. The summed E-state index contributed by atoms with van der Waals surface area (Å²) in [7, 11) is -3.14. The van der Waals surface area contributed by atoms with E-state index in [1.807, 2.05) is 0 Å². The first kappa shape index (κ1) is 14.9. The molecule has 0 aliphatic carbocycles. The Balaban J connectivity index is 1.97. The maximum Gasteiger partial charge on any atom is 0.226 e. The molecule has 1 saturated heterocycles. The number of sulfone groups is 1. The monoisotopic (exact) mass is 304 g/mol. The van der Waals surface area contributed by atoms with Crippen molar-refractivity contribution in [2.45, 2.75) is 12.5 Å². The van der Waals surface area contributed by atoms with Gasteiger partial charge in [0.25, 0.3) is 0 Å². The minimum absolute atomic E-state index is 0.0453. The first-order valence-corrected chi connectivity index (χ1v) is 7.86. The van der Waals surface area contributed by atoms with Gasteiger partial charge < -0.3 is 10.6 Å². The summed E-state index contributed by atoms with van der Waals surface area (Å²) in [6.45, 7) is 0.286. The summed E-state index contributed by atoms with van der Waals surface area (Å²) in [6.07, 6.45) is -0.116. The molecule has 1 heterocycles. The first-order chi connectivity index (χ1) is 9.35. The van der Waals surface area contributed by atoms with E-state index in [2.05, 4.69) is 10.6 Å². The molecule has 1 aromatic rings. The van der Waals surface area contributed by atoms with Gasteiger partial charge in [0.15, 0.2) is 9.84 Å². The van der Waals surface area contributed by atoms with E-state index in [9.17, 15) is 22.0 Å². The number of hydrogen-bond acceptors (Lipinski definition) is 4. The predicted molar refractivity (Wildman–Crippen MR) is 70.0 cm³/mol. The second-order valence-corrected chi connectivity index (χ2v) is 6.87. The average molecular weight is 304 g/mol. The van der Waals surface area contributed by atoms with Crippen molar-refractivity contribution in [1.82, 2.24) is 5.32 Å². The lowest BCUT2D eigenvalue weighted by Crippen LogP contribution is -2.46. The minimum Gasteiger partial charge on any atom is -0.323 e. The molecule has 0 bridgehead atoms. The van der Waals surface area contributed by atoms with Crippen LogP contribution in [0.5, 0.6) is 0 Å². The predicted octanol–water partition coefficient (Wildman–Crippen LogP) is 0.680. The lowest BCUT2D eigenvalue weighted by atomic mass is 10.2. The summed E-state index contributed by atoms with van der Waals surface area (Å²) < 4.78 is 49.1. The van der Waals surface area contributed by atoms with Gasteiger partial charge in [0.1, 0.15) is 11.6 Å². The molecule has 0 spiro atoms. The van der Waals surface area contributed by atoms with Gasteiger partial charge in [0, 0.05) is 25.1 Å². The van der Waals surface area contributed by atoms with E-state index in [1.165, 1.54) is 0 Å². The van der Waals surface area contributed by atoms with Crippen LogP contribution in [0.4, 0.5) is 14.5 Å². The van der Waals surface area contributed by atoms with Crippen molar-refractivity contribution in [3.8, 4) is 0 Å². The topological polar surface area (TPSA) is 75.3 Å². The van der Waals surface area contributed by atoms with Gasteiger partial charge in [-0.2, -0.15) is 0 Å². The highest BCUT2D eigenvalue weighted by atomic mass is 32.2. The Bertz CT molecular complexity index is 619. The van der Waals surface area contributed by atoms with E-state index >= 15 is 0 Å². The van der Waals surface area contributed by atoms with Crippen LogP contribution in [0, 0.1) is 11.6 Å². The molecule has 20 heavy (non-hydrogen) atoms. The maximum absolute atomic E-state index is 13.3. The number of benzene rings is 1. The van der Waals surface area contributed by atoms with Crippen LogP contribution in [0.1, 0.15) is 6.42 Å². The Labute approximate surface area is 115 Å². The van der Waals surface area contributed by atoms with Crippen molar-refractivity contribution < 1.29 is 22.0 Å². The molecule has 1 aliphatic heterocycles. The van der Waals surface area contributed by atoms with Gasteiger partial charge in [0.05, 0.1) is 17.2 Å². The second kappa shape index (κ2) is 5.84. The fraction of sp³-hybridized carbons (Fsp3) is 0.417. The molecule has 1 atom stereocenters. The van der Waals surface area contributed by atoms with Gasteiger partial charge in [-0.15, -0.1) is 0 Å². The van der Waals surface area contributed by atoms with Crippen LogP contribution in [0.15, 0.2) is 18.2 Å². The molecular weight excluding hydrogens is 290 g/mol. The summed E-state index contributed by atoms with van der Waals surface area (Å²) in [6, 6.07) is 2.22. The van der Waals surface area contributed by atoms with Gasteiger partial charge in [-0.1, -0.05) is 0 Å². The van der Waals surface area contributed by atoms with Gasteiger partial charge in [-0.05, 0) is 12.1 Å². The van der Waals surface area contributed by atoms with Crippen LogP contribution in [0.2, 0.25) is 0 Å². The number of nitrogens with one attached hydrogen (secondary N) is 2. The van der Waals surface area contributed by atoms with Crippen LogP contribution in [-0.4, -0.2) is 38.4 Å². The summed E-state index contributed by atoms with van der Waals surface area (Å²) >= 11 is 0. The molecule has 8 heteroatoms. The van der Waals surface area contributed by atoms with Crippen molar-refractivity contribution >= 4 is 21.4 Å². The molecule has 1 unspecified atom stereocenters. The summed E-state index contributed by atoms with van der Waals surface area (Å²) in [5, 5.41) is 5.15. The molecule has 1 aromatic carbocycles. The van der Waals surface area contributed by atoms with Crippen molar-refractivity contribution in [2.75, 3.05) is 23.4 Å². The summed E-state index contributed by atoms with van der Waals surface area (Å²) in [5.41, 5.74) is -0.256. The Kier molecular flexibility index (Phi) is 4.34. The Morgan fingerprint density at radius 3 is 2.85 bits per heavy atom. The smallest absolute Gasteiger partial charge is 0.226 e. The van der Waals surface area contributed by atoms with E-state index in [4.69, 9.17) is 0 Å². The van der Waals surface area contributed by atoms with Gasteiger partial charge in [-0.25, -0.2) is 17.2 Å². The molecule has 1 aliphatic rings. The number of amides is 1. The molecule has 0 aromatic heterocycles. The second-order valence-electron chi connectivity index (χ2n) is 4.64. The standard InChI is InChI=1S/C12H14F2N2O3S/c13-8-1-2-10(14)11(5-8)16-12(17)6-9-7-20(18,19)4-3-15-9/h1-2,5,9,15H,3-4,6-7H2,(H,16,17). The van der Waals surface area contributed by atoms with Crippen molar-refractivity contribution in [3.05, 3.63) is 29.8 Å². The van der Waals surface area contributed by atoms with Crippen LogP contribution in [0.25, 0.3) is 0 Å². The van der Waals surface area contributed by atoms with Crippen molar-refractivity contribution in [2.24, 2.45) is 0 Å². The highest BCUT2D eigenvalue weighted by Crippen LogP contribution is 2.16.